The first-order valence-corrected chi connectivity index (χ1v) is 7.28. The van der Waals surface area contributed by atoms with Gasteiger partial charge in [0.2, 0.25) is 0 Å². The van der Waals surface area contributed by atoms with Gasteiger partial charge in [-0.3, -0.25) is 0 Å². The highest BCUT2D eigenvalue weighted by Crippen LogP contribution is 2.09. The van der Waals surface area contributed by atoms with Crippen LogP contribution in [0.2, 0.25) is 0 Å². The lowest BCUT2D eigenvalue weighted by Crippen LogP contribution is -2.55. The maximum Gasteiger partial charge on any atom is 0.280 e. The summed E-state index contributed by atoms with van der Waals surface area (Å²) in [4.78, 5) is 0. The van der Waals surface area contributed by atoms with Crippen LogP contribution in [0, 0.1) is 0 Å². The van der Waals surface area contributed by atoms with E-state index in [1.54, 1.807) is 0 Å². The van der Waals surface area contributed by atoms with Crippen LogP contribution in [-0.2, 0) is 16.8 Å². The van der Waals surface area contributed by atoms with Crippen LogP contribution in [0.1, 0.15) is 12.5 Å². The van der Waals surface area contributed by atoms with E-state index in [-0.39, 0.29) is 6.54 Å². The maximum atomic E-state index is 12.1. The number of rotatable bonds is 7. The lowest BCUT2D eigenvalue weighted by atomic mass is 10.1. The van der Waals surface area contributed by atoms with Crippen LogP contribution in [-0.4, -0.2) is 48.7 Å². The van der Waals surface area contributed by atoms with Crippen molar-refractivity contribution in [3.8, 4) is 0 Å². The number of nitrogens with one attached hydrogen (secondary N) is 1. The fraction of sp³-hybridized carbons (Fsp3) is 0.500. The summed E-state index contributed by atoms with van der Waals surface area (Å²) in [5, 5.41) is 18.2. The minimum Gasteiger partial charge on any atom is -0.394 e. The highest BCUT2D eigenvalue weighted by Gasteiger charge is 2.30. The Morgan fingerprint density at radius 1 is 1.21 bits per heavy atom. The molecule has 0 unspecified atom stereocenters. The molecule has 0 spiro atoms. The van der Waals surface area contributed by atoms with E-state index in [1.807, 2.05) is 30.3 Å². The third-order valence-electron chi connectivity index (χ3n) is 2.73. The summed E-state index contributed by atoms with van der Waals surface area (Å²) in [5.74, 6) is 0. The van der Waals surface area contributed by atoms with Crippen molar-refractivity contribution in [2.24, 2.45) is 0 Å². The van der Waals surface area contributed by atoms with E-state index in [2.05, 4.69) is 4.72 Å². The van der Waals surface area contributed by atoms with Crippen LogP contribution in [0.15, 0.2) is 30.3 Å². The molecule has 1 rings (SSSR count). The Bertz CT molecular complexity index is 486. The molecule has 108 valence electrons. The van der Waals surface area contributed by atoms with Gasteiger partial charge in [-0.05, 0) is 12.5 Å². The minimum absolute atomic E-state index is 0.211. The monoisotopic (exact) mass is 288 g/mol. The van der Waals surface area contributed by atoms with E-state index < -0.39 is 29.0 Å². The zero-order valence-electron chi connectivity index (χ0n) is 11.1. The number of nitrogens with zero attached hydrogens (tertiary/aromatic N) is 1. The second-order valence-electron chi connectivity index (χ2n) is 4.73. The molecule has 0 aliphatic carbocycles. The van der Waals surface area contributed by atoms with Crippen molar-refractivity contribution in [1.82, 2.24) is 9.03 Å². The van der Waals surface area contributed by atoms with Crippen molar-refractivity contribution >= 4 is 10.2 Å². The van der Waals surface area contributed by atoms with Crippen LogP contribution in [0.4, 0.5) is 0 Å². The fourth-order valence-electron chi connectivity index (χ4n) is 1.43. The predicted octanol–water partition coefficient (Wildman–Crippen LogP) is -0.304. The number of aliphatic hydroxyl groups is 2. The molecule has 19 heavy (non-hydrogen) atoms. The smallest absolute Gasteiger partial charge is 0.280 e. The first-order valence-electron chi connectivity index (χ1n) is 5.84. The minimum atomic E-state index is -3.78. The molecule has 3 N–H and O–H groups in total. The second-order valence-corrected chi connectivity index (χ2v) is 6.50. The molecular weight excluding hydrogens is 268 g/mol. The second kappa shape index (κ2) is 6.44. The van der Waals surface area contributed by atoms with Gasteiger partial charge in [-0.25, -0.2) is 0 Å². The number of aliphatic hydroxyl groups excluding tert-OH is 2. The average Bonchev–Trinajstić information content (AvgIpc) is 2.39. The summed E-state index contributed by atoms with van der Waals surface area (Å²) in [5.41, 5.74) is -0.422. The molecule has 0 atom stereocenters. The van der Waals surface area contributed by atoms with E-state index in [9.17, 15) is 8.42 Å². The Hall–Kier alpha value is -0.990. The van der Waals surface area contributed by atoms with E-state index >= 15 is 0 Å². The highest BCUT2D eigenvalue weighted by atomic mass is 32.2. The average molecular weight is 288 g/mol. The Balaban J connectivity index is 2.77. The lowest BCUT2D eigenvalue weighted by Gasteiger charge is -2.28. The van der Waals surface area contributed by atoms with Gasteiger partial charge in [-0.2, -0.15) is 17.4 Å². The van der Waals surface area contributed by atoms with Crippen molar-refractivity contribution in [3.63, 3.8) is 0 Å². The Morgan fingerprint density at radius 3 is 2.21 bits per heavy atom. The van der Waals surface area contributed by atoms with Gasteiger partial charge in [0.05, 0.1) is 18.8 Å². The lowest BCUT2D eigenvalue weighted by molar-refractivity contribution is 0.120. The first-order chi connectivity index (χ1) is 8.83. The molecule has 0 saturated carbocycles. The molecule has 7 heteroatoms. The van der Waals surface area contributed by atoms with Gasteiger partial charge in [0.15, 0.2) is 0 Å². The van der Waals surface area contributed by atoms with Crippen molar-refractivity contribution in [2.45, 2.75) is 19.0 Å². The van der Waals surface area contributed by atoms with Crippen molar-refractivity contribution in [1.29, 1.82) is 0 Å². The molecule has 0 aliphatic rings. The van der Waals surface area contributed by atoms with E-state index in [0.29, 0.717) is 0 Å². The number of benzene rings is 1. The van der Waals surface area contributed by atoms with Gasteiger partial charge in [0, 0.05) is 13.6 Å². The highest BCUT2D eigenvalue weighted by molar-refractivity contribution is 7.87. The quantitative estimate of drug-likeness (QED) is 0.642. The molecular formula is C12H20N2O4S. The van der Waals surface area contributed by atoms with Gasteiger partial charge in [-0.15, -0.1) is 0 Å². The number of hydrogen-bond acceptors (Lipinski definition) is 4. The van der Waals surface area contributed by atoms with Crippen molar-refractivity contribution in [3.05, 3.63) is 35.9 Å². The Labute approximate surface area is 113 Å². The fourth-order valence-corrected chi connectivity index (χ4v) is 2.66. The van der Waals surface area contributed by atoms with Gasteiger partial charge in [0.25, 0.3) is 10.2 Å². The van der Waals surface area contributed by atoms with Crippen LogP contribution in [0.25, 0.3) is 0 Å². The summed E-state index contributed by atoms with van der Waals surface area (Å²) in [7, 11) is -2.34. The van der Waals surface area contributed by atoms with Crippen LogP contribution >= 0.6 is 0 Å². The summed E-state index contributed by atoms with van der Waals surface area (Å²) >= 11 is 0. The molecule has 6 nitrogen and oxygen atoms in total. The van der Waals surface area contributed by atoms with E-state index in [4.69, 9.17) is 10.2 Å². The molecule has 0 heterocycles. The van der Waals surface area contributed by atoms with Crippen molar-refractivity contribution < 1.29 is 18.6 Å². The molecule has 0 bridgehead atoms. The summed E-state index contributed by atoms with van der Waals surface area (Å²) in [6.07, 6.45) is 0. The van der Waals surface area contributed by atoms with Gasteiger partial charge in [-0.1, -0.05) is 30.3 Å². The molecule has 0 amide bonds. The Morgan fingerprint density at radius 2 is 1.74 bits per heavy atom. The molecule has 0 aromatic heterocycles. The zero-order valence-corrected chi connectivity index (χ0v) is 11.9. The first kappa shape index (κ1) is 16.1. The zero-order chi connectivity index (χ0) is 14.5. The van der Waals surface area contributed by atoms with Gasteiger partial charge < -0.3 is 10.2 Å². The van der Waals surface area contributed by atoms with Crippen molar-refractivity contribution in [2.75, 3.05) is 20.3 Å². The Kier molecular flexibility index (Phi) is 5.45. The van der Waals surface area contributed by atoms with E-state index in [1.165, 1.54) is 14.0 Å². The molecule has 0 aliphatic heterocycles. The topological polar surface area (TPSA) is 89.9 Å². The van der Waals surface area contributed by atoms with Crippen LogP contribution in [0.5, 0.6) is 0 Å². The van der Waals surface area contributed by atoms with Gasteiger partial charge in [0.1, 0.15) is 0 Å². The normalized spacial score (nSPS) is 12.9. The van der Waals surface area contributed by atoms with E-state index in [0.717, 1.165) is 9.87 Å². The summed E-state index contributed by atoms with van der Waals surface area (Å²) in [6, 6.07) is 9.15. The third-order valence-corrected chi connectivity index (χ3v) is 4.43. The van der Waals surface area contributed by atoms with Crippen LogP contribution < -0.4 is 4.72 Å². The molecule has 0 radical (unpaired) electrons. The number of hydrogen-bond donors (Lipinski definition) is 3. The molecule has 1 aromatic carbocycles. The third kappa shape index (κ3) is 4.55. The standard InChI is InChI=1S/C12H20N2O4S/c1-12(9-15,10-16)13-19(17,18)14(2)8-11-6-4-3-5-7-11/h3-7,13,15-16H,8-10H2,1-2H3. The SMILES string of the molecule is CN(Cc1ccccc1)S(=O)(=O)NC(C)(CO)CO. The van der Waals surface area contributed by atoms with Gasteiger partial charge >= 0.3 is 0 Å². The molecule has 0 fully saturated rings. The predicted molar refractivity (Wildman–Crippen MR) is 72.5 cm³/mol. The molecule has 0 saturated heterocycles. The summed E-state index contributed by atoms with van der Waals surface area (Å²) < 4.78 is 27.5. The van der Waals surface area contributed by atoms with Crippen LogP contribution in [0.3, 0.4) is 0 Å². The largest absolute Gasteiger partial charge is 0.394 e. The summed E-state index contributed by atoms with van der Waals surface area (Å²) in [6.45, 7) is 0.674. The molecule has 1 aromatic rings. The maximum absolute atomic E-state index is 12.1.